The highest BCUT2D eigenvalue weighted by atomic mass is 16.2. The number of aromatic nitrogens is 3. The molecule has 2 bridgehead atoms. The summed E-state index contributed by atoms with van der Waals surface area (Å²) < 4.78 is 3.81. The Hall–Kier alpha value is -2.89. The lowest BCUT2D eigenvalue weighted by Crippen LogP contribution is -2.49. The summed E-state index contributed by atoms with van der Waals surface area (Å²) in [6.07, 6.45) is 2.99. The number of likely N-dealkylation sites (tertiary alicyclic amines) is 1. The van der Waals surface area contributed by atoms with E-state index in [-0.39, 0.29) is 17.4 Å². The lowest BCUT2D eigenvalue weighted by molar-refractivity contribution is 0.0589. The van der Waals surface area contributed by atoms with Gasteiger partial charge in [-0.25, -0.2) is 4.98 Å². The summed E-state index contributed by atoms with van der Waals surface area (Å²) in [5, 5.41) is 1.04. The van der Waals surface area contributed by atoms with Crippen LogP contribution in [0.25, 0.3) is 11.0 Å². The Morgan fingerprint density at radius 1 is 1.12 bits per heavy atom. The maximum atomic E-state index is 13.1. The van der Waals surface area contributed by atoms with Gasteiger partial charge in [-0.15, -0.1) is 0 Å². The largest absolute Gasteiger partial charge is 0.336 e. The SMILES string of the molecule is Cn1ccc2ccc(C(=O)N3C[C@@H]4C[C@H](C3)c3cccc(=O)n3C4)nc21. The van der Waals surface area contributed by atoms with E-state index in [9.17, 15) is 9.59 Å². The van der Waals surface area contributed by atoms with Crippen molar-refractivity contribution in [3.05, 3.63) is 64.3 Å². The molecule has 2 aliphatic heterocycles. The molecule has 0 N–H and O–H groups in total. The Labute approximate surface area is 150 Å². The van der Waals surface area contributed by atoms with E-state index in [2.05, 4.69) is 4.98 Å². The number of fused-ring (bicyclic) bond motifs is 5. The Morgan fingerprint density at radius 2 is 2.00 bits per heavy atom. The molecule has 2 atom stereocenters. The molecule has 0 aliphatic carbocycles. The van der Waals surface area contributed by atoms with E-state index in [0.29, 0.717) is 31.2 Å². The van der Waals surface area contributed by atoms with Crippen LogP contribution < -0.4 is 5.56 Å². The van der Waals surface area contributed by atoms with Crippen LogP contribution in [0, 0.1) is 5.92 Å². The van der Waals surface area contributed by atoms with E-state index >= 15 is 0 Å². The van der Waals surface area contributed by atoms with Crippen LogP contribution in [-0.4, -0.2) is 38.0 Å². The van der Waals surface area contributed by atoms with Crippen LogP contribution in [-0.2, 0) is 13.6 Å². The number of nitrogens with zero attached hydrogens (tertiary/aromatic N) is 4. The smallest absolute Gasteiger partial charge is 0.272 e. The zero-order valence-corrected chi connectivity index (χ0v) is 14.6. The van der Waals surface area contributed by atoms with Gasteiger partial charge in [-0.05, 0) is 36.6 Å². The van der Waals surface area contributed by atoms with Gasteiger partial charge in [0.2, 0.25) is 0 Å². The van der Waals surface area contributed by atoms with Crippen molar-refractivity contribution in [2.75, 3.05) is 13.1 Å². The average Bonchev–Trinajstić information content (AvgIpc) is 3.02. The number of piperidine rings is 1. The summed E-state index contributed by atoms with van der Waals surface area (Å²) in [6.45, 7) is 2.02. The van der Waals surface area contributed by atoms with Gasteiger partial charge >= 0.3 is 0 Å². The second-order valence-electron chi connectivity index (χ2n) is 7.44. The van der Waals surface area contributed by atoms with Crippen molar-refractivity contribution in [2.45, 2.75) is 18.9 Å². The van der Waals surface area contributed by atoms with Crippen LogP contribution in [0.15, 0.2) is 47.4 Å². The standard InChI is InChI=1S/C20H20N4O2/c1-22-8-7-14-5-6-16(21-19(14)22)20(26)23-10-13-9-15(12-23)17-3-2-4-18(25)24(17)11-13/h2-8,13,15H,9-12H2,1H3/t13-,15+/m0/s1. The molecule has 1 fully saturated rings. The number of carbonyl (C=O) groups excluding carboxylic acids is 1. The van der Waals surface area contributed by atoms with Gasteiger partial charge in [0.1, 0.15) is 11.3 Å². The van der Waals surface area contributed by atoms with Crippen molar-refractivity contribution in [1.82, 2.24) is 19.0 Å². The molecule has 0 saturated carbocycles. The predicted molar refractivity (Wildman–Crippen MR) is 98.2 cm³/mol. The van der Waals surface area contributed by atoms with Gasteiger partial charge in [-0.2, -0.15) is 0 Å². The van der Waals surface area contributed by atoms with Crippen molar-refractivity contribution in [3.8, 4) is 0 Å². The highest BCUT2D eigenvalue weighted by Crippen LogP contribution is 2.35. The van der Waals surface area contributed by atoms with Crippen LogP contribution in [0.2, 0.25) is 0 Å². The molecule has 1 saturated heterocycles. The van der Waals surface area contributed by atoms with Gasteiger partial charge in [0.25, 0.3) is 11.5 Å². The fourth-order valence-electron chi connectivity index (χ4n) is 4.48. The van der Waals surface area contributed by atoms with Crippen molar-refractivity contribution in [3.63, 3.8) is 0 Å². The first-order valence-electron chi connectivity index (χ1n) is 9.01. The van der Waals surface area contributed by atoms with Crippen LogP contribution >= 0.6 is 0 Å². The molecule has 3 aromatic heterocycles. The van der Waals surface area contributed by atoms with Crippen LogP contribution in [0.1, 0.15) is 28.5 Å². The summed E-state index contributed by atoms with van der Waals surface area (Å²) in [6, 6.07) is 11.2. The molecule has 0 radical (unpaired) electrons. The third kappa shape index (κ3) is 2.29. The third-order valence-corrected chi connectivity index (χ3v) is 5.70. The van der Waals surface area contributed by atoms with E-state index < -0.39 is 0 Å². The molecule has 6 heteroatoms. The number of carbonyl (C=O) groups is 1. The second kappa shape index (κ2) is 5.56. The zero-order chi connectivity index (χ0) is 17.8. The number of pyridine rings is 2. The lowest BCUT2D eigenvalue weighted by Gasteiger charge is -2.42. The molecule has 0 aromatic carbocycles. The Bertz CT molecular complexity index is 1080. The third-order valence-electron chi connectivity index (χ3n) is 5.70. The first-order chi connectivity index (χ1) is 12.6. The van der Waals surface area contributed by atoms with Crippen molar-refractivity contribution in [1.29, 1.82) is 0 Å². The average molecular weight is 348 g/mol. The van der Waals surface area contributed by atoms with Crippen LogP contribution in [0.5, 0.6) is 0 Å². The van der Waals surface area contributed by atoms with Crippen LogP contribution in [0.3, 0.4) is 0 Å². The van der Waals surface area contributed by atoms with E-state index in [1.54, 1.807) is 6.07 Å². The summed E-state index contributed by atoms with van der Waals surface area (Å²) in [7, 11) is 1.93. The van der Waals surface area contributed by atoms with E-state index in [1.165, 1.54) is 0 Å². The predicted octanol–water partition coefficient (Wildman–Crippen LogP) is 1.99. The van der Waals surface area contributed by atoms with Gasteiger partial charge in [-0.3, -0.25) is 9.59 Å². The Balaban J connectivity index is 1.47. The minimum atomic E-state index is -0.0190. The summed E-state index contributed by atoms with van der Waals surface area (Å²) in [5.41, 5.74) is 2.43. The monoisotopic (exact) mass is 348 g/mol. The molecule has 0 spiro atoms. The van der Waals surface area contributed by atoms with Gasteiger partial charge in [0, 0.05) is 55.9 Å². The number of aryl methyl sites for hydroxylation is 1. The van der Waals surface area contributed by atoms with Gasteiger partial charge in [0.05, 0.1) is 0 Å². The first-order valence-corrected chi connectivity index (χ1v) is 9.01. The highest BCUT2D eigenvalue weighted by Gasteiger charge is 2.36. The maximum Gasteiger partial charge on any atom is 0.272 e. The summed E-state index contributed by atoms with van der Waals surface area (Å²) in [5.74, 6) is 0.526. The Morgan fingerprint density at radius 3 is 2.88 bits per heavy atom. The normalized spacial score (nSPS) is 21.7. The first kappa shape index (κ1) is 15.4. The maximum absolute atomic E-state index is 13.1. The topological polar surface area (TPSA) is 60.1 Å². The fourth-order valence-corrected chi connectivity index (χ4v) is 4.48. The van der Waals surface area contributed by atoms with Gasteiger partial charge in [-0.1, -0.05) is 6.07 Å². The quantitative estimate of drug-likeness (QED) is 0.676. The van der Waals surface area contributed by atoms with Crippen molar-refractivity contribution in [2.24, 2.45) is 13.0 Å². The van der Waals surface area contributed by atoms with Crippen LogP contribution in [0.4, 0.5) is 0 Å². The molecule has 1 amide bonds. The van der Waals surface area contributed by atoms with Gasteiger partial charge in [0.15, 0.2) is 0 Å². The number of rotatable bonds is 1. The zero-order valence-electron chi connectivity index (χ0n) is 14.6. The number of hydrogen-bond donors (Lipinski definition) is 0. The van der Waals surface area contributed by atoms with Gasteiger partial charge < -0.3 is 14.0 Å². The molecule has 6 nitrogen and oxygen atoms in total. The minimum absolute atomic E-state index is 0.0190. The van der Waals surface area contributed by atoms with E-state index in [4.69, 9.17) is 0 Å². The molecular weight excluding hydrogens is 328 g/mol. The Kier molecular flexibility index (Phi) is 3.29. The molecular formula is C20H20N4O2. The van der Waals surface area contributed by atoms with Crippen molar-refractivity contribution < 1.29 is 4.79 Å². The minimum Gasteiger partial charge on any atom is -0.336 e. The number of hydrogen-bond acceptors (Lipinski definition) is 3. The molecule has 3 aromatic rings. The number of amides is 1. The summed E-state index contributed by atoms with van der Waals surface area (Å²) >= 11 is 0. The molecule has 26 heavy (non-hydrogen) atoms. The van der Waals surface area contributed by atoms with E-state index in [0.717, 1.165) is 23.1 Å². The molecule has 2 aliphatic rings. The van der Waals surface area contributed by atoms with E-state index in [1.807, 2.05) is 57.6 Å². The summed E-state index contributed by atoms with van der Waals surface area (Å²) in [4.78, 5) is 31.7. The van der Waals surface area contributed by atoms with Crippen molar-refractivity contribution >= 4 is 16.9 Å². The molecule has 132 valence electrons. The fraction of sp³-hybridized carbons (Fsp3) is 0.350. The highest BCUT2D eigenvalue weighted by molar-refractivity contribution is 5.94. The molecule has 0 unspecified atom stereocenters. The second-order valence-corrected chi connectivity index (χ2v) is 7.44. The lowest BCUT2D eigenvalue weighted by atomic mass is 9.83. The molecule has 5 heterocycles. The molecule has 5 rings (SSSR count).